The van der Waals surface area contributed by atoms with E-state index in [1.54, 1.807) is 0 Å². The summed E-state index contributed by atoms with van der Waals surface area (Å²) in [7, 11) is 0. The number of carbonyl (C=O) groups is 2. The van der Waals surface area contributed by atoms with E-state index in [-0.39, 0.29) is 33.2 Å². The van der Waals surface area contributed by atoms with Crippen LogP contribution in [0.3, 0.4) is 0 Å². The lowest BCUT2D eigenvalue weighted by molar-refractivity contribution is -0.128. The van der Waals surface area contributed by atoms with Gasteiger partial charge in [0.1, 0.15) is 0 Å². The third-order valence-corrected chi connectivity index (χ3v) is 14.3. The Hall–Kier alpha value is -1.64. The minimum Gasteiger partial charge on any atom is -0.281 e. The van der Waals surface area contributed by atoms with E-state index in [0.29, 0.717) is 11.8 Å². The van der Waals surface area contributed by atoms with Gasteiger partial charge in [0.2, 0.25) is 10.5 Å². The molecule has 2 nitrogen and oxygen atoms in total. The van der Waals surface area contributed by atoms with Crippen LogP contribution in [0.1, 0.15) is 152 Å². The Morgan fingerprint density at radius 3 is 1.32 bits per heavy atom. The lowest BCUT2D eigenvalue weighted by Gasteiger charge is -2.54. The first-order valence-corrected chi connectivity index (χ1v) is 18.1. The lowest BCUT2D eigenvalue weighted by Crippen LogP contribution is -2.51. The number of carbonyl (C=O) groups excluding carboxylic acids is 2. The molecular weight excluding hydrogens is 583 g/mol. The summed E-state index contributed by atoms with van der Waals surface area (Å²) in [4.78, 5) is 25.8. The van der Waals surface area contributed by atoms with Gasteiger partial charge in [-0.3, -0.25) is 9.59 Å². The summed E-state index contributed by atoms with van der Waals surface area (Å²) >= 11 is 12.7. The van der Waals surface area contributed by atoms with E-state index in [2.05, 4.69) is 79.7 Å². The monoisotopic (exact) mass is 634 g/mol. The Morgan fingerprint density at radius 2 is 1.00 bits per heavy atom. The lowest BCUT2D eigenvalue weighted by atomic mass is 9.49. The zero-order valence-electron chi connectivity index (χ0n) is 28.3. The smallest absolute Gasteiger partial charge is 0.227 e. The molecule has 0 bridgehead atoms. The molecule has 4 aliphatic carbocycles. The molecule has 0 aliphatic heterocycles. The molecule has 44 heavy (non-hydrogen) atoms. The van der Waals surface area contributed by atoms with E-state index in [1.807, 2.05) is 0 Å². The van der Waals surface area contributed by atoms with Crippen molar-refractivity contribution in [2.75, 3.05) is 0 Å². The number of hydrogen-bond acceptors (Lipinski definition) is 2. The van der Waals surface area contributed by atoms with Crippen molar-refractivity contribution in [3.05, 3.63) is 57.6 Å². The van der Waals surface area contributed by atoms with E-state index in [0.717, 1.165) is 64.2 Å². The number of halogens is 2. The first kappa shape index (κ1) is 32.3. The molecule has 6 atom stereocenters. The Bertz CT molecular complexity index is 1410. The number of fused-ring (bicyclic) bond motifs is 6. The summed E-state index contributed by atoms with van der Waals surface area (Å²) in [6.45, 7) is 18.4. The minimum atomic E-state index is -0.477. The molecule has 6 unspecified atom stereocenters. The quantitative estimate of drug-likeness (QED) is 0.306. The Balaban J connectivity index is 1.58. The summed E-state index contributed by atoms with van der Waals surface area (Å²) in [5.74, 6) is 1.26. The van der Waals surface area contributed by atoms with Crippen molar-refractivity contribution in [1.29, 1.82) is 0 Å². The number of benzene rings is 2. The highest BCUT2D eigenvalue weighted by atomic mass is 35.5. The van der Waals surface area contributed by atoms with Gasteiger partial charge in [-0.15, -0.1) is 0 Å². The summed E-state index contributed by atoms with van der Waals surface area (Å²) < 4.78 is 0. The van der Waals surface area contributed by atoms with Crippen molar-refractivity contribution in [3.63, 3.8) is 0 Å². The van der Waals surface area contributed by atoms with Crippen LogP contribution in [0, 0.1) is 22.7 Å². The van der Waals surface area contributed by atoms with E-state index < -0.39 is 10.8 Å². The van der Waals surface area contributed by atoms with Gasteiger partial charge in [0.25, 0.3) is 0 Å². The van der Waals surface area contributed by atoms with Crippen molar-refractivity contribution in [2.24, 2.45) is 22.7 Å². The maximum Gasteiger partial charge on any atom is 0.227 e. The molecule has 0 saturated heterocycles. The van der Waals surface area contributed by atoms with E-state index in [4.69, 9.17) is 23.2 Å². The molecule has 2 aromatic carbocycles. The van der Waals surface area contributed by atoms with E-state index >= 15 is 0 Å². The average molecular weight is 636 g/mol. The molecule has 2 aromatic rings. The largest absolute Gasteiger partial charge is 0.281 e. The second-order valence-electron chi connectivity index (χ2n) is 16.6. The first-order chi connectivity index (χ1) is 20.6. The van der Waals surface area contributed by atoms with Gasteiger partial charge in [0.15, 0.2) is 0 Å². The molecule has 2 fully saturated rings. The average Bonchev–Trinajstić information content (AvgIpc) is 2.95. The van der Waals surface area contributed by atoms with Crippen LogP contribution in [0.2, 0.25) is 0 Å². The summed E-state index contributed by atoms with van der Waals surface area (Å²) in [6.07, 6.45) is 10.0. The first-order valence-electron chi connectivity index (χ1n) is 17.3. The Morgan fingerprint density at radius 1 is 0.636 bits per heavy atom. The standard InChI is InChI=1S/C40H52Cl2O2/c1-23(2)27-19-25-11-13-33-37(5,15-9-17-39(33,7)35(41)43)31(25)21-29(27)30-22-32-26(20-28(30)24(3)4)12-14-34-38(32,6)16-10-18-40(34,8)36(42)44/h19-24,33-34H,9-18H2,1-8H3. The van der Waals surface area contributed by atoms with Crippen molar-refractivity contribution < 1.29 is 9.59 Å². The molecule has 0 heterocycles. The third-order valence-electron chi connectivity index (χ3n) is 13.5. The van der Waals surface area contributed by atoms with Gasteiger partial charge >= 0.3 is 0 Å². The van der Waals surface area contributed by atoms with Crippen LogP contribution in [-0.4, -0.2) is 10.5 Å². The fourth-order valence-corrected chi connectivity index (χ4v) is 11.4. The van der Waals surface area contributed by atoms with Gasteiger partial charge in [-0.1, -0.05) is 92.5 Å². The van der Waals surface area contributed by atoms with Crippen LogP contribution >= 0.6 is 23.2 Å². The van der Waals surface area contributed by atoms with Crippen molar-refractivity contribution in [3.8, 4) is 11.1 Å². The van der Waals surface area contributed by atoms with Crippen molar-refractivity contribution in [2.45, 2.75) is 142 Å². The Kier molecular flexibility index (Phi) is 8.06. The van der Waals surface area contributed by atoms with E-state index in [9.17, 15) is 9.59 Å². The zero-order chi connectivity index (χ0) is 32.0. The van der Waals surface area contributed by atoms with Gasteiger partial charge < -0.3 is 0 Å². The molecule has 238 valence electrons. The van der Waals surface area contributed by atoms with E-state index in [1.165, 1.54) is 44.5 Å². The maximum atomic E-state index is 12.9. The van der Waals surface area contributed by atoms with Crippen LogP contribution in [0.5, 0.6) is 0 Å². The predicted molar refractivity (Wildman–Crippen MR) is 184 cm³/mol. The van der Waals surface area contributed by atoms with Gasteiger partial charge in [-0.05, 0) is 154 Å². The van der Waals surface area contributed by atoms with Gasteiger partial charge in [0.05, 0.1) is 0 Å². The van der Waals surface area contributed by atoms with Crippen molar-refractivity contribution >= 4 is 33.7 Å². The van der Waals surface area contributed by atoms with Gasteiger partial charge in [-0.25, -0.2) is 0 Å². The molecular formula is C40H52Cl2O2. The highest BCUT2D eigenvalue weighted by Gasteiger charge is 2.56. The van der Waals surface area contributed by atoms with Crippen LogP contribution in [-0.2, 0) is 33.3 Å². The Labute approximate surface area is 276 Å². The molecule has 2 saturated carbocycles. The fraction of sp³-hybridized carbons (Fsp3) is 0.650. The number of rotatable bonds is 5. The van der Waals surface area contributed by atoms with Crippen LogP contribution < -0.4 is 0 Å². The molecule has 4 heteroatoms. The molecule has 0 spiro atoms. The molecule has 0 amide bonds. The molecule has 4 aliphatic rings. The summed E-state index contributed by atoms with van der Waals surface area (Å²) in [6, 6.07) is 10.1. The van der Waals surface area contributed by atoms with Crippen LogP contribution in [0.15, 0.2) is 24.3 Å². The van der Waals surface area contributed by atoms with Gasteiger partial charge in [-0.2, -0.15) is 0 Å². The maximum absolute atomic E-state index is 12.9. The second kappa shape index (κ2) is 11.0. The predicted octanol–water partition coefficient (Wildman–Crippen LogP) is 11.2. The molecule has 0 radical (unpaired) electrons. The van der Waals surface area contributed by atoms with Crippen LogP contribution in [0.25, 0.3) is 11.1 Å². The summed E-state index contributed by atoms with van der Waals surface area (Å²) in [5, 5.41) is -0.323. The zero-order valence-corrected chi connectivity index (χ0v) is 29.8. The second-order valence-corrected chi connectivity index (χ2v) is 17.3. The molecule has 0 N–H and O–H groups in total. The highest BCUT2D eigenvalue weighted by molar-refractivity contribution is 6.65. The van der Waals surface area contributed by atoms with Gasteiger partial charge in [0, 0.05) is 10.8 Å². The van der Waals surface area contributed by atoms with Crippen molar-refractivity contribution in [1.82, 2.24) is 0 Å². The fourth-order valence-electron chi connectivity index (χ4n) is 11.0. The summed E-state index contributed by atoms with van der Waals surface area (Å²) in [5.41, 5.74) is 10.2. The third kappa shape index (κ3) is 4.62. The molecule has 0 aromatic heterocycles. The number of hydrogen-bond donors (Lipinski definition) is 0. The normalized spacial score (nSPS) is 34.6. The number of aryl methyl sites for hydroxylation is 2. The van der Waals surface area contributed by atoms with Crippen LogP contribution in [0.4, 0.5) is 0 Å². The minimum absolute atomic E-state index is 0.0788. The molecule has 6 rings (SSSR count). The topological polar surface area (TPSA) is 34.1 Å². The SMILES string of the molecule is CC(C)c1cc2c(cc1-c1cc3c(cc1C(C)C)CCC1C(C)(C(=O)Cl)CCCC31C)C1(C)CCCC(C)(C(=O)Cl)C1CC2. The highest BCUT2D eigenvalue weighted by Crippen LogP contribution is 2.61.